The van der Waals surface area contributed by atoms with E-state index in [0.29, 0.717) is 10.5 Å². The van der Waals surface area contributed by atoms with Gasteiger partial charge < -0.3 is 15.4 Å². The Morgan fingerprint density at radius 2 is 2.00 bits per heavy atom. The van der Waals surface area contributed by atoms with Crippen molar-refractivity contribution in [2.45, 2.75) is 37.7 Å². The monoisotopic (exact) mass is 280 g/mol. The number of hydrogen-bond acceptors (Lipinski definition) is 4. The van der Waals surface area contributed by atoms with Crippen molar-refractivity contribution in [3.05, 3.63) is 18.2 Å². The lowest BCUT2D eigenvalue weighted by molar-refractivity contribution is 0.319. The molecule has 19 heavy (non-hydrogen) atoms. The van der Waals surface area contributed by atoms with Crippen molar-refractivity contribution in [3.8, 4) is 5.75 Å². The van der Waals surface area contributed by atoms with Gasteiger partial charge in [0, 0.05) is 35.3 Å². The zero-order valence-electron chi connectivity index (χ0n) is 12.1. The number of benzene rings is 1. The second kappa shape index (κ2) is 6.42. The van der Waals surface area contributed by atoms with Crippen molar-refractivity contribution in [1.29, 1.82) is 0 Å². The zero-order valence-corrected chi connectivity index (χ0v) is 12.9. The molecule has 3 nitrogen and oxygen atoms in total. The standard InChI is InChI=1S/C15H24N2OS/c1-4-7-18-15-8-13(5-6-14(15)16)17-9-11(2)19-12(3)10-17/h5-6,8,11-12H,4,7,9-10,16H2,1-3H3. The second-order valence-electron chi connectivity index (χ2n) is 5.23. The first kappa shape index (κ1) is 14.4. The SMILES string of the molecule is CCCOc1cc(N2CC(C)SC(C)C2)ccc1N. The quantitative estimate of drug-likeness (QED) is 0.858. The highest BCUT2D eigenvalue weighted by Gasteiger charge is 2.22. The fraction of sp³-hybridized carbons (Fsp3) is 0.600. The Balaban J connectivity index is 2.15. The fourth-order valence-electron chi connectivity index (χ4n) is 2.45. The lowest BCUT2D eigenvalue weighted by Gasteiger charge is -2.36. The topological polar surface area (TPSA) is 38.5 Å². The van der Waals surface area contributed by atoms with Gasteiger partial charge in [0.2, 0.25) is 0 Å². The van der Waals surface area contributed by atoms with Crippen LogP contribution in [0.2, 0.25) is 0 Å². The predicted molar refractivity (Wildman–Crippen MR) is 85.4 cm³/mol. The maximum absolute atomic E-state index is 5.97. The van der Waals surface area contributed by atoms with E-state index in [1.807, 2.05) is 6.07 Å². The van der Waals surface area contributed by atoms with Crippen LogP contribution in [-0.4, -0.2) is 30.2 Å². The van der Waals surface area contributed by atoms with E-state index in [1.165, 1.54) is 5.69 Å². The van der Waals surface area contributed by atoms with E-state index < -0.39 is 0 Å². The average molecular weight is 280 g/mol. The van der Waals surface area contributed by atoms with Crippen molar-refractivity contribution in [3.63, 3.8) is 0 Å². The van der Waals surface area contributed by atoms with Crippen LogP contribution in [0.3, 0.4) is 0 Å². The van der Waals surface area contributed by atoms with E-state index in [1.54, 1.807) is 0 Å². The summed E-state index contributed by atoms with van der Waals surface area (Å²) >= 11 is 2.06. The molecule has 1 aromatic rings. The van der Waals surface area contributed by atoms with Crippen molar-refractivity contribution >= 4 is 23.1 Å². The van der Waals surface area contributed by atoms with Crippen LogP contribution < -0.4 is 15.4 Å². The first-order valence-electron chi connectivity index (χ1n) is 7.03. The summed E-state index contributed by atoms with van der Waals surface area (Å²) in [4.78, 5) is 2.43. The summed E-state index contributed by atoms with van der Waals surface area (Å²) < 4.78 is 5.71. The highest BCUT2D eigenvalue weighted by atomic mass is 32.2. The molecule has 1 heterocycles. The van der Waals surface area contributed by atoms with Gasteiger partial charge in [-0.25, -0.2) is 0 Å². The first-order valence-corrected chi connectivity index (χ1v) is 7.97. The maximum Gasteiger partial charge on any atom is 0.144 e. The summed E-state index contributed by atoms with van der Waals surface area (Å²) in [5, 5.41) is 1.34. The van der Waals surface area contributed by atoms with Gasteiger partial charge in [0.1, 0.15) is 5.75 Å². The van der Waals surface area contributed by atoms with Gasteiger partial charge in [-0.05, 0) is 18.6 Å². The Kier molecular flexibility index (Phi) is 4.86. The van der Waals surface area contributed by atoms with Crippen molar-refractivity contribution in [2.24, 2.45) is 0 Å². The highest BCUT2D eigenvalue weighted by molar-refractivity contribution is 8.00. The molecule has 1 fully saturated rings. The third-order valence-corrected chi connectivity index (χ3v) is 4.47. The van der Waals surface area contributed by atoms with E-state index in [-0.39, 0.29) is 0 Å². The number of rotatable bonds is 4. The van der Waals surface area contributed by atoms with Crippen LogP contribution in [0, 0.1) is 0 Å². The number of nitrogen functional groups attached to an aromatic ring is 1. The summed E-state index contributed by atoms with van der Waals surface area (Å²) in [5.41, 5.74) is 7.91. The molecule has 2 unspecified atom stereocenters. The molecular formula is C15H24N2OS. The number of nitrogens with two attached hydrogens (primary N) is 1. The molecule has 1 aromatic carbocycles. The molecule has 1 saturated heterocycles. The molecule has 1 aliphatic heterocycles. The zero-order chi connectivity index (χ0) is 13.8. The van der Waals surface area contributed by atoms with E-state index in [4.69, 9.17) is 10.5 Å². The summed E-state index contributed by atoms with van der Waals surface area (Å²) in [6.45, 7) is 9.58. The Morgan fingerprint density at radius 1 is 1.32 bits per heavy atom. The predicted octanol–water partition coefficient (Wildman–Crippen LogP) is 3.39. The summed E-state index contributed by atoms with van der Waals surface area (Å²) in [5.74, 6) is 0.817. The van der Waals surface area contributed by atoms with Gasteiger partial charge in [0.05, 0.1) is 12.3 Å². The average Bonchev–Trinajstić information content (AvgIpc) is 2.36. The fourth-order valence-corrected chi connectivity index (χ4v) is 3.77. The molecule has 0 saturated carbocycles. The molecule has 1 aliphatic rings. The maximum atomic E-state index is 5.97. The third-order valence-electron chi connectivity index (χ3n) is 3.24. The molecule has 106 valence electrons. The minimum Gasteiger partial charge on any atom is -0.491 e. The van der Waals surface area contributed by atoms with Gasteiger partial charge in [-0.2, -0.15) is 11.8 Å². The van der Waals surface area contributed by atoms with Gasteiger partial charge in [0.15, 0.2) is 0 Å². The van der Waals surface area contributed by atoms with E-state index in [0.717, 1.165) is 37.6 Å². The molecule has 4 heteroatoms. The summed E-state index contributed by atoms with van der Waals surface area (Å²) in [6, 6.07) is 6.14. The number of ether oxygens (including phenoxy) is 1. The summed E-state index contributed by atoms with van der Waals surface area (Å²) in [7, 11) is 0. The minimum absolute atomic E-state index is 0.668. The molecule has 2 N–H and O–H groups in total. The molecule has 0 aromatic heterocycles. The van der Waals surface area contributed by atoms with Gasteiger partial charge in [-0.1, -0.05) is 20.8 Å². The molecule has 0 bridgehead atoms. The number of nitrogens with zero attached hydrogens (tertiary/aromatic N) is 1. The lowest BCUT2D eigenvalue weighted by atomic mass is 10.2. The first-order chi connectivity index (χ1) is 9.10. The lowest BCUT2D eigenvalue weighted by Crippen LogP contribution is -2.40. The normalized spacial score (nSPS) is 23.4. The van der Waals surface area contributed by atoms with Crippen LogP contribution >= 0.6 is 11.8 Å². The van der Waals surface area contributed by atoms with Crippen molar-refractivity contribution in [1.82, 2.24) is 0 Å². The smallest absolute Gasteiger partial charge is 0.144 e. The number of anilines is 2. The molecule has 0 amide bonds. The van der Waals surface area contributed by atoms with Gasteiger partial charge >= 0.3 is 0 Å². The molecule has 2 atom stereocenters. The van der Waals surface area contributed by atoms with Crippen LogP contribution in [-0.2, 0) is 0 Å². The van der Waals surface area contributed by atoms with Crippen molar-refractivity contribution < 1.29 is 4.74 Å². The molecular weight excluding hydrogens is 256 g/mol. The number of hydrogen-bond donors (Lipinski definition) is 1. The van der Waals surface area contributed by atoms with E-state index in [9.17, 15) is 0 Å². The van der Waals surface area contributed by atoms with Crippen LogP contribution in [0.5, 0.6) is 5.75 Å². The largest absolute Gasteiger partial charge is 0.491 e. The van der Waals surface area contributed by atoms with Crippen molar-refractivity contribution in [2.75, 3.05) is 30.3 Å². The Bertz CT molecular complexity index is 415. The van der Waals surface area contributed by atoms with Gasteiger partial charge in [-0.15, -0.1) is 0 Å². The molecule has 0 aliphatic carbocycles. The Labute approximate surface area is 120 Å². The summed E-state index contributed by atoms with van der Waals surface area (Å²) in [6.07, 6.45) is 0.998. The third kappa shape index (κ3) is 3.72. The molecule has 0 spiro atoms. The Morgan fingerprint density at radius 3 is 2.63 bits per heavy atom. The van der Waals surface area contributed by atoms with Crippen LogP contribution in [0.25, 0.3) is 0 Å². The second-order valence-corrected chi connectivity index (χ2v) is 7.11. The van der Waals surface area contributed by atoms with Gasteiger partial charge in [0.25, 0.3) is 0 Å². The number of thioether (sulfide) groups is 1. The Hall–Kier alpha value is -1.03. The van der Waals surface area contributed by atoms with E-state index >= 15 is 0 Å². The highest BCUT2D eigenvalue weighted by Crippen LogP contribution is 2.32. The minimum atomic E-state index is 0.668. The van der Waals surface area contributed by atoms with Gasteiger partial charge in [-0.3, -0.25) is 0 Å². The van der Waals surface area contributed by atoms with Crippen LogP contribution in [0.4, 0.5) is 11.4 Å². The van der Waals surface area contributed by atoms with Crippen LogP contribution in [0.15, 0.2) is 18.2 Å². The molecule has 2 rings (SSSR count). The van der Waals surface area contributed by atoms with E-state index in [2.05, 4.69) is 49.6 Å². The molecule has 0 radical (unpaired) electrons. The van der Waals surface area contributed by atoms with Crippen LogP contribution in [0.1, 0.15) is 27.2 Å².